The summed E-state index contributed by atoms with van der Waals surface area (Å²) in [4.78, 5) is 23.3. The highest BCUT2D eigenvalue weighted by molar-refractivity contribution is 6.73. The number of carbonyl (C=O) groups is 2. The van der Waals surface area contributed by atoms with Crippen molar-refractivity contribution in [3.63, 3.8) is 0 Å². The Morgan fingerprint density at radius 1 is 1.35 bits per heavy atom. The largest absolute Gasteiger partial charge is 0.652 e. The van der Waals surface area contributed by atoms with Crippen LogP contribution >= 0.6 is 0 Å². The van der Waals surface area contributed by atoms with Crippen LogP contribution in [0.1, 0.15) is 27.2 Å². The lowest BCUT2D eigenvalue weighted by Crippen LogP contribution is -2.84. The lowest BCUT2D eigenvalue weighted by Gasteiger charge is -2.70. The molecule has 1 amide bonds. The molecule has 144 valence electrons. The van der Waals surface area contributed by atoms with E-state index in [4.69, 9.17) is 4.74 Å². The fraction of sp³-hybridized carbons (Fsp3) is 0.579. The summed E-state index contributed by atoms with van der Waals surface area (Å²) in [6.45, 7) is 10.7. The van der Waals surface area contributed by atoms with Gasteiger partial charge < -0.3 is 24.4 Å². The van der Waals surface area contributed by atoms with Gasteiger partial charge in [0.2, 0.25) is 0 Å². The Bertz CT molecular complexity index is 645. The molecule has 2 rings (SSSR count). The molecule has 0 bridgehead atoms. The molecule has 1 aromatic carbocycles. The average molecular weight is 379 g/mol. The van der Waals surface area contributed by atoms with Gasteiger partial charge in [-0.15, -0.1) is 0 Å². The molecule has 1 aromatic rings. The number of nitrogens with zero attached hydrogens (tertiary/aromatic N) is 1. The maximum atomic E-state index is 13.6. The standard InChI is InChI=1S/C19H30N2O4Si/c1-19(2,3)26(4,5)21(24)13-16(17(21)11-12-22)20-18(23)14-25-15-9-7-6-8-10-15/h6-10,12,16-17H,11,13-14H2,1-5H3,(H,20,23). The van der Waals surface area contributed by atoms with Crippen molar-refractivity contribution in [2.45, 2.75) is 57.4 Å². The Balaban J connectivity index is 2.00. The number of para-hydroxylation sites is 1. The molecule has 1 N–H and O–H groups in total. The van der Waals surface area contributed by atoms with Crippen molar-refractivity contribution in [3.05, 3.63) is 35.5 Å². The first-order valence-corrected chi connectivity index (χ1v) is 12.0. The second-order valence-electron chi connectivity index (χ2n) is 8.53. The SMILES string of the molecule is CC(C)(C)[Si](C)(C)[N+]1([O-])CC(NC(=O)COc2ccccc2)C1CC=O. The molecular formula is C19H30N2O4Si. The smallest absolute Gasteiger partial charge is 0.285 e. The fourth-order valence-electron chi connectivity index (χ4n) is 3.40. The number of hydrogen-bond donors (Lipinski definition) is 1. The third-order valence-corrected chi connectivity index (χ3v) is 12.1. The number of amides is 1. The summed E-state index contributed by atoms with van der Waals surface area (Å²) in [5, 5.41) is 16.4. The van der Waals surface area contributed by atoms with Gasteiger partial charge in [0.1, 0.15) is 24.1 Å². The normalized spacial score (nSPS) is 25.9. The summed E-state index contributed by atoms with van der Waals surface area (Å²) in [5.74, 6) is 0.354. The number of hydroxylamine groups is 2. The van der Waals surface area contributed by atoms with E-state index in [2.05, 4.69) is 39.2 Å². The molecule has 0 aliphatic carbocycles. The highest BCUT2D eigenvalue weighted by atomic mass is 28.3. The number of nitrogens with one attached hydrogen (secondary N) is 1. The number of quaternary nitrogens is 1. The van der Waals surface area contributed by atoms with Gasteiger partial charge in [-0.25, -0.2) is 0 Å². The average Bonchev–Trinajstić information content (AvgIpc) is 2.57. The van der Waals surface area contributed by atoms with E-state index < -0.39 is 14.3 Å². The third kappa shape index (κ3) is 3.84. The molecule has 3 unspecified atom stereocenters. The van der Waals surface area contributed by atoms with Gasteiger partial charge in [0, 0.05) is 5.04 Å². The van der Waals surface area contributed by atoms with E-state index in [9.17, 15) is 14.8 Å². The molecule has 1 aliphatic heterocycles. The molecule has 0 radical (unpaired) electrons. The minimum absolute atomic E-state index is 0.0959. The second-order valence-corrected chi connectivity index (χ2v) is 13.9. The summed E-state index contributed by atoms with van der Waals surface area (Å²) >= 11 is 0. The molecule has 1 aliphatic rings. The van der Waals surface area contributed by atoms with Crippen LogP contribution in [0.2, 0.25) is 18.1 Å². The fourth-order valence-corrected chi connectivity index (χ4v) is 6.30. The molecule has 0 saturated carbocycles. The van der Waals surface area contributed by atoms with E-state index in [0.717, 1.165) is 6.29 Å². The van der Waals surface area contributed by atoms with Gasteiger partial charge >= 0.3 is 0 Å². The number of rotatable bonds is 7. The zero-order valence-electron chi connectivity index (χ0n) is 16.3. The van der Waals surface area contributed by atoms with Gasteiger partial charge in [-0.1, -0.05) is 39.0 Å². The first-order chi connectivity index (χ1) is 12.0. The predicted molar refractivity (Wildman–Crippen MR) is 104 cm³/mol. The minimum atomic E-state index is -2.27. The maximum Gasteiger partial charge on any atom is 0.285 e. The monoisotopic (exact) mass is 378 g/mol. The molecule has 7 heteroatoms. The van der Waals surface area contributed by atoms with Gasteiger partial charge in [0.15, 0.2) is 6.61 Å². The third-order valence-electron chi connectivity index (χ3n) is 6.05. The predicted octanol–water partition coefficient (Wildman–Crippen LogP) is 2.84. The van der Waals surface area contributed by atoms with Crippen LogP contribution < -0.4 is 10.1 Å². The molecular weight excluding hydrogens is 348 g/mol. The van der Waals surface area contributed by atoms with Gasteiger partial charge in [-0.05, 0) is 25.2 Å². The Morgan fingerprint density at radius 3 is 2.50 bits per heavy atom. The van der Waals surface area contributed by atoms with Crippen molar-refractivity contribution in [3.8, 4) is 5.75 Å². The van der Waals surface area contributed by atoms with Crippen molar-refractivity contribution in [1.82, 2.24) is 5.32 Å². The van der Waals surface area contributed by atoms with Crippen molar-refractivity contribution in [1.29, 1.82) is 0 Å². The maximum absolute atomic E-state index is 13.6. The summed E-state index contributed by atoms with van der Waals surface area (Å²) < 4.78 is 5.12. The molecule has 1 saturated heterocycles. The van der Waals surface area contributed by atoms with E-state index >= 15 is 0 Å². The summed E-state index contributed by atoms with van der Waals surface area (Å²) in [5.41, 5.74) is 0. The van der Waals surface area contributed by atoms with Crippen LogP contribution in [0.5, 0.6) is 5.75 Å². The molecule has 1 fully saturated rings. The molecule has 0 aromatic heterocycles. The van der Waals surface area contributed by atoms with E-state index in [1.54, 1.807) is 12.1 Å². The lowest BCUT2D eigenvalue weighted by molar-refractivity contribution is -0.860. The number of aldehydes is 1. The summed E-state index contributed by atoms with van der Waals surface area (Å²) in [6.07, 6.45) is 0.960. The minimum Gasteiger partial charge on any atom is -0.652 e. The highest BCUT2D eigenvalue weighted by Gasteiger charge is 2.61. The topological polar surface area (TPSA) is 78.5 Å². The molecule has 3 atom stereocenters. The molecule has 1 heterocycles. The van der Waals surface area contributed by atoms with Crippen molar-refractivity contribution < 1.29 is 18.6 Å². The van der Waals surface area contributed by atoms with Crippen molar-refractivity contribution >= 4 is 20.4 Å². The van der Waals surface area contributed by atoms with Crippen molar-refractivity contribution in [2.24, 2.45) is 0 Å². The number of carbonyl (C=O) groups excluding carboxylic acids is 2. The first-order valence-electron chi connectivity index (χ1n) is 9.02. The summed E-state index contributed by atoms with van der Waals surface area (Å²) in [6, 6.07) is 8.42. The van der Waals surface area contributed by atoms with E-state index in [-0.39, 0.29) is 34.3 Å². The molecule has 26 heavy (non-hydrogen) atoms. The Kier molecular flexibility index (Phi) is 5.94. The van der Waals surface area contributed by atoms with Crippen LogP contribution in [0.25, 0.3) is 0 Å². The van der Waals surface area contributed by atoms with Crippen molar-refractivity contribution in [2.75, 3.05) is 13.2 Å². The highest BCUT2D eigenvalue weighted by Crippen LogP contribution is 2.48. The Hall–Kier alpha value is -1.70. The van der Waals surface area contributed by atoms with Crippen LogP contribution in [0, 0.1) is 5.21 Å². The van der Waals surface area contributed by atoms with Crippen LogP contribution in [-0.4, -0.2) is 50.0 Å². The zero-order valence-corrected chi connectivity index (χ0v) is 17.3. The molecule has 6 nitrogen and oxygen atoms in total. The lowest BCUT2D eigenvalue weighted by atomic mass is 9.96. The van der Waals surface area contributed by atoms with Gasteiger partial charge in [0.25, 0.3) is 14.1 Å². The first kappa shape index (κ1) is 20.6. The number of benzene rings is 1. The van der Waals surface area contributed by atoms with Crippen LogP contribution in [0.3, 0.4) is 0 Å². The van der Waals surface area contributed by atoms with Crippen LogP contribution in [-0.2, 0) is 9.59 Å². The zero-order chi connectivity index (χ0) is 19.6. The Labute approximate surface area is 156 Å². The Morgan fingerprint density at radius 2 is 1.96 bits per heavy atom. The quantitative estimate of drug-likeness (QED) is 0.449. The van der Waals surface area contributed by atoms with Gasteiger partial charge in [-0.3, -0.25) is 4.79 Å². The second kappa shape index (κ2) is 7.50. The summed E-state index contributed by atoms with van der Waals surface area (Å²) in [7, 11) is -2.27. The van der Waals surface area contributed by atoms with Gasteiger partial charge in [0.05, 0.1) is 13.0 Å². The van der Waals surface area contributed by atoms with Crippen LogP contribution in [0.15, 0.2) is 30.3 Å². The van der Waals surface area contributed by atoms with Gasteiger partial charge in [-0.2, -0.15) is 0 Å². The van der Waals surface area contributed by atoms with Crippen LogP contribution in [0.4, 0.5) is 0 Å². The van der Waals surface area contributed by atoms with E-state index in [1.807, 2.05) is 18.2 Å². The molecule has 0 spiro atoms. The number of ether oxygens (including phenoxy) is 1. The number of hydrogen-bond acceptors (Lipinski definition) is 4. The van der Waals surface area contributed by atoms with E-state index in [0.29, 0.717) is 12.3 Å². The van der Waals surface area contributed by atoms with E-state index in [1.165, 1.54) is 0 Å².